The van der Waals surface area contributed by atoms with Crippen molar-refractivity contribution in [1.29, 1.82) is 0 Å². The van der Waals surface area contributed by atoms with E-state index in [0.29, 0.717) is 5.75 Å². The van der Waals surface area contributed by atoms with Crippen molar-refractivity contribution < 1.29 is 9.84 Å². The van der Waals surface area contributed by atoms with Crippen LogP contribution in [-0.4, -0.2) is 25.8 Å². The fourth-order valence-corrected chi connectivity index (χ4v) is 1.73. The van der Waals surface area contributed by atoms with Gasteiger partial charge in [0.25, 0.3) is 0 Å². The number of phenols is 1. The van der Waals surface area contributed by atoms with E-state index in [1.54, 1.807) is 13.2 Å². The lowest BCUT2D eigenvalue weighted by atomic mass is 10.1. The van der Waals surface area contributed by atoms with Crippen LogP contribution in [0.25, 0.3) is 0 Å². The minimum atomic E-state index is 0.160. The lowest BCUT2D eigenvalue weighted by Crippen LogP contribution is -2.10. The molecule has 1 rings (SSSR count). The molecule has 1 aromatic carbocycles. The summed E-state index contributed by atoms with van der Waals surface area (Å²) in [6.45, 7) is 0.895. The van der Waals surface area contributed by atoms with Gasteiger partial charge in [-0.15, -0.1) is 0 Å². The van der Waals surface area contributed by atoms with Gasteiger partial charge in [-0.2, -0.15) is 0 Å². The second-order valence-electron chi connectivity index (χ2n) is 2.97. The maximum Gasteiger partial charge on any atom is 0.160 e. The summed E-state index contributed by atoms with van der Waals surface area (Å²) in [5.74, 6) is 0.673. The molecule has 14 heavy (non-hydrogen) atoms. The summed E-state index contributed by atoms with van der Waals surface area (Å²) in [6.07, 6.45) is 0.897. The quantitative estimate of drug-likeness (QED) is 0.869. The number of ether oxygens (including phenoxy) is 1. The Morgan fingerprint density at radius 3 is 2.79 bits per heavy atom. The predicted molar refractivity (Wildman–Crippen MR) is 60.0 cm³/mol. The molecule has 0 aliphatic rings. The van der Waals surface area contributed by atoms with Crippen molar-refractivity contribution in [2.75, 3.05) is 20.7 Å². The van der Waals surface area contributed by atoms with Gasteiger partial charge in [-0.25, -0.2) is 0 Å². The summed E-state index contributed by atoms with van der Waals surface area (Å²) < 4.78 is 5.94. The first kappa shape index (κ1) is 11.3. The van der Waals surface area contributed by atoms with Gasteiger partial charge >= 0.3 is 0 Å². The van der Waals surface area contributed by atoms with Crippen LogP contribution in [0, 0.1) is 0 Å². The molecular formula is C10H14BrNO2. The first-order valence-electron chi connectivity index (χ1n) is 4.39. The van der Waals surface area contributed by atoms with E-state index in [-0.39, 0.29) is 5.75 Å². The van der Waals surface area contributed by atoms with Crippen LogP contribution in [0.4, 0.5) is 0 Å². The standard InChI is InChI=1S/C10H14BrNO2/c1-12-4-3-7-5-10(14-2)9(13)6-8(7)11/h5-6,12-13H,3-4H2,1-2H3. The summed E-state index contributed by atoms with van der Waals surface area (Å²) in [7, 11) is 3.45. The van der Waals surface area contributed by atoms with Crippen LogP contribution in [0.2, 0.25) is 0 Å². The Morgan fingerprint density at radius 1 is 1.50 bits per heavy atom. The van der Waals surface area contributed by atoms with E-state index < -0.39 is 0 Å². The molecule has 78 valence electrons. The Hall–Kier alpha value is -0.740. The van der Waals surface area contributed by atoms with Crippen LogP contribution in [-0.2, 0) is 6.42 Å². The highest BCUT2D eigenvalue weighted by atomic mass is 79.9. The fourth-order valence-electron chi connectivity index (χ4n) is 1.20. The zero-order chi connectivity index (χ0) is 10.6. The van der Waals surface area contributed by atoms with E-state index in [4.69, 9.17) is 4.74 Å². The Bertz CT molecular complexity index is 315. The minimum Gasteiger partial charge on any atom is -0.504 e. The molecule has 0 amide bonds. The summed E-state index contributed by atoms with van der Waals surface area (Å²) >= 11 is 3.40. The van der Waals surface area contributed by atoms with Gasteiger partial charge < -0.3 is 15.2 Å². The van der Waals surface area contributed by atoms with Crippen molar-refractivity contribution in [2.24, 2.45) is 0 Å². The lowest BCUT2D eigenvalue weighted by Gasteiger charge is -2.08. The Balaban J connectivity index is 2.92. The van der Waals surface area contributed by atoms with Crippen LogP contribution >= 0.6 is 15.9 Å². The maximum atomic E-state index is 9.47. The van der Waals surface area contributed by atoms with Gasteiger partial charge in [0.15, 0.2) is 11.5 Å². The topological polar surface area (TPSA) is 41.5 Å². The normalized spacial score (nSPS) is 10.2. The summed E-state index contributed by atoms with van der Waals surface area (Å²) in [5.41, 5.74) is 1.12. The molecule has 4 heteroatoms. The van der Waals surface area contributed by atoms with Gasteiger partial charge in [0.05, 0.1) is 7.11 Å². The van der Waals surface area contributed by atoms with Crippen LogP contribution in [0.5, 0.6) is 11.5 Å². The fraction of sp³-hybridized carbons (Fsp3) is 0.400. The summed E-state index contributed by atoms with van der Waals surface area (Å²) in [4.78, 5) is 0. The number of rotatable bonds is 4. The molecule has 0 saturated heterocycles. The molecule has 0 unspecified atom stereocenters. The maximum absolute atomic E-state index is 9.47. The molecule has 2 N–H and O–H groups in total. The molecule has 0 aromatic heterocycles. The number of likely N-dealkylation sites (N-methyl/N-ethyl adjacent to an activating group) is 1. The predicted octanol–water partition coefficient (Wildman–Crippen LogP) is 1.93. The molecular weight excluding hydrogens is 246 g/mol. The molecule has 1 aromatic rings. The first-order chi connectivity index (χ1) is 6.69. The molecule has 3 nitrogen and oxygen atoms in total. The van der Waals surface area contributed by atoms with E-state index in [1.807, 2.05) is 13.1 Å². The summed E-state index contributed by atoms with van der Waals surface area (Å²) in [6, 6.07) is 3.50. The van der Waals surface area contributed by atoms with Gasteiger partial charge in [-0.1, -0.05) is 15.9 Å². The number of benzene rings is 1. The highest BCUT2D eigenvalue weighted by Crippen LogP contribution is 2.32. The van der Waals surface area contributed by atoms with Crippen LogP contribution in [0.15, 0.2) is 16.6 Å². The van der Waals surface area contributed by atoms with E-state index in [1.165, 1.54) is 0 Å². The van der Waals surface area contributed by atoms with Crippen molar-refractivity contribution in [3.05, 3.63) is 22.2 Å². The van der Waals surface area contributed by atoms with E-state index >= 15 is 0 Å². The van der Waals surface area contributed by atoms with E-state index in [0.717, 1.165) is 23.0 Å². The van der Waals surface area contributed by atoms with Crippen molar-refractivity contribution in [1.82, 2.24) is 5.32 Å². The van der Waals surface area contributed by atoms with Crippen LogP contribution in [0.1, 0.15) is 5.56 Å². The smallest absolute Gasteiger partial charge is 0.160 e. The largest absolute Gasteiger partial charge is 0.504 e. The van der Waals surface area contributed by atoms with E-state index in [2.05, 4.69) is 21.2 Å². The average Bonchev–Trinajstić information content (AvgIpc) is 2.17. The third-order valence-corrected chi connectivity index (χ3v) is 2.73. The van der Waals surface area contributed by atoms with E-state index in [9.17, 15) is 5.11 Å². The highest BCUT2D eigenvalue weighted by molar-refractivity contribution is 9.10. The van der Waals surface area contributed by atoms with Crippen molar-refractivity contribution in [3.63, 3.8) is 0 Å². The van der Waals surface area contributed by atoms with Crippen molar-refractivity contribution in [2.45, 2.75) is 6.42 Å². The number of nitrogens with one attached hydrogen (secondary N) is 1. The molecule has 0 bridgehead atoms. The van der Waals surface area contributed by atoms with Gasteiger partial charge in [-0.05, 0) is 37.7 Å². The molecule has 0 radical (unpaired) electrons. The van der Waals surface area contributed by atoms with Gasteiger partial charge in [0.2, 0.25) is 0 Å². The number of halogens is 1. The Kier molecular flexibility index (Phi) is 4.22. The molecule has 0 aliphatic carbocycles. The average molecular weight is 260 g/mol. The van der Waals surface area contributed by atoms with Crippen molar-refractivity contribution in [3.8, 4) is 11.5 Å². The van der Waals surface area contributed by atoms with Gasteiger partial charge in [-0.3, -0.25) is 0 Å². The Morgan fingerprint density at radius 2 is 2.21 bits per heavy atom. The molecule has 0 aliphatic heterocycles. The molecule has 0 heterocycles. The molecule has 0 saturated carbocycles. The van der Waals surface area contributed by atoms with Gasteiger partial charge in [0.1, 0.15) is 0 Å². The van der Waals surface area contributed by atoms with Crippen LogP contribution < -0.4 is 10.1 Å². The van der Waals surface area contributed by atoms with Crippen molar-refractivity contribution >= 4 is 15.9 Å². The number of phenolic OH excluding ortho intramolecular Hbond substituents is 1. The molecule has 0 fully saturated rings. The second kappa shape index (κ2) is 5.22. The molecule has 0 spiro atoms. The summed E-state index contributed by atoms with van der Waals surface area (Å²) in [5, 5.41) is 12.5. The number of hydrogen-bond donors (Lipinski definition) is 2. The monoisotopic (exact) mass is 259 g/mol. The third-order valence-electron chi connectivity index (χ3n) is 1.99. The molecule has 0 atom stereocenters. The number of methoxy groups -OCH3 is 1. The SMILES string of the molecule is CNCCc1cc(OC)c(O)cc1Br. The number of aromatic hydroxyl groups is 1. The second-order valence-corrected chi connectivity index (χ2v) is 3.82. The minimum absolute atomic E-state index is 0.160. The highest BCUT2D eigenvalue weighted by Gasteiger charge is 2.07. The number of hydrogen-bond acceptors (Lipinski definition) is 3. The zero-order valence-corrected chi connectivity index (χ0v) is 9.89. The van der Waals surface area contributed by atoms with Gasteiger partial charge in [0, 0.05) is 4.47 Å². The van der Waals surface area contributed by atoms with Crippen LogP contribution in [0.3, 0.4) is 0 Å². The lowest BCUT2D eigenvalue weighted by molar-refractivity contribution is 0.372. The first-order valence-corrected chi connectivity index (χ1v) is 5.18. The zero-order valence-electron chi connectivity index (χ0n) is 8.30. The third kappa shape index (κ3) is 2.62. The Labute approximate surface area is 92.2 Å².